The van der Waals surface area contributed by atoms with E-state index in [0.717, 1.165) is 40.9 Å². The molecule has 0 saturated carbocycles. The third kappa shape index (κ3) is 4.42. The van der Waals surface area contributed by atoms with E-state index >= 15 is 0 Å². The number of nitrogens with zero attached hydrogens (tertiary/aromatic N) is 2. The molecule has 1 aromatic heterocycles. The standard InChI is InChI=1S/C23H27N3O3S/c1-17-10-12-26(13-11-17)30(27,28)21-7-8-22-19(15-21)6-9-23(25-22)24-16-18-4-3-5-20(14-18)29-2/h3-9,14-15,17H,10-13,16H2,1-2H3,(H,24,25). The number of anilines is 1. The van der Waals surface area contributed by atoms with Gasteiger partial charge in [0.25, 0.3) is 0 Å². The molecular weight excluding hydrogens is 398 g/mol. The van der Waals surface area contributed by atoms with Crippen LogP contribution in [0, 0.1) is 5.92 Å². The van der Waals surface area contributed by atoms with Crippen LogP contribution in [-0.2, 0) is 16.6 Å². The van der Waals surface area contributed by atoms with Crippen molar-refractivity contribution in [3.8, 4) is 5.75 Å². The fourth-order valence-corrected chi connectivity index (χ4v) is 5.22. The van der Waals surface area contributed by atoms with Gasteiger partial charge < -0.3 is 10.1 Å². The minimum atomic E-state index is -3.46. The molecule has 0 amide bonds. The van der Waals surface area contributed by atoms with E-state index < -0.39 is 10.0 Å². The van der Waals surface area contributed by atoms with Crippen molar-refractivity contribution in [2.24, 2.45) is 5.92 Å². The first kappa shape index (κ1) is 20.6. The lowest BCUT2D eigenvalue weighted by molar-refractivity contribution is 0.288. The number of methoxy groups -OCH3 is 1. The summed E-state index contributed by atoms with van der Waals surface area (Å²) in [4.78, 5) is 4.96. The summed E-state index contributed by atoms with van der Waals surface area (Å²) in [6.45, 7) is 3.97. The highest BCUT2D eigenvalue weighted by Gasteiger charge is 2.28. The van der Waals surface area contributed by atoms with Gasteiger partial charge in [0, 0.05) is 25.0 Å². The van der Waals surface area contributed by atoms with E-state index in [-0.39, 0.29) is 0 Å². The summed E-state index contributed by atoms with van der Waals surface area (Å²) in [7, 11) is -1.81. The Morgan fingerprint density at radius 3 is 2.67 bits per heavy atom. The zero-order chi connectivity index (χ0) is 21.1. The molecule has 3 aromatic rings. The minimum Gasteiger partial charge on any atom is -0.497 e. The van der Waals surface area contributed by atoms with E-state index in [4.69, 9.17) is 4.74 Å². The number of pyridine rings is 1. The molecule has 1 N–H and O–H groups in total. The average Bonchev–Trinajstić information content (AvgIpc) is 2.77. The van der Waals surface area contributed by atoms with Crippen LogP contribution in [0.3, 0.4) is 0 Å². The molecule has 1 fully saturated rings. The lowest BCUT2D eigenvalue weighted by Gasteiger charge is -2.29. The highest BCUT2D eigenvalue weighted by atomic mass is 32.2. The number of hydrogen-bond donors (Lipinski definition) is 1. The molecule has 7 heteroatoms. The maximum absolute atomic E-state index is 13.0. The fraction of sp³-hybridized carbons (Fsp3) is 0.348. The first-order valence-electron chi connectivity index (χ1n) is 10.2. The molecule has 1 aliphatic heterocycles. The van der Waals surface area contributed by atoms with Gasteiger partial charge in [-0.3, -0.25) is 0 Å². The predicted octanol–water partition coefficient (Wildman–Crippen LogP) is 4.28. The first-order valence-corrected chi connectivity index (χ1v) is 11.7. The number of benzene rings is 2. The normalized spacial score (nSPS) is 15.9. The molecule has 6 nitrogen and oxygen atoms in total. The van der Waals surface area contributed by atoms with Crippen LogP contribution in [0.4, 0.5) is 5.82 Å². The molecule has 1 aliphatic rings. The minimum absolute atomic E-state index is 0.337. The van der Waals surface area contributed by atoms with Crippen LogP contribution in [0.15, 0.2) is 59.5 Å². The molecule has 158 valence electrons. The molecule has 0 atom stereocenters. The van der Waals surface area contributed by atoms with E-state index in [2.05, 4.69) is 17.2 Å². The van der Waals surface area contributed by atoms with Crippen molar-refractivity contribution in [3.05, 3.63) is 60.2 Å². The second-order valence-corrected chi connectivity index (χ2v) is 9.78. The Bertz CT molecular complexity index is 1140. The van der Waals surface area contributed by atoms with Crippen molar-refractivity contribution in [1.82, 2.24) is 9.29 Å². The van der Waals surface area contributed by atoms with Crippen molar-refractivity contribution in [2.45, 2.75) is 31.2 Å². The van der Waals surface area contributed by atoms with Crippen molar-refractivity contribution < 1.29 is 13.2 Å². The molecule has 2 aromatic carbocycles. The Hall–Kier alpha value is -2.64. The van der Waals surface area contributed by atoms with E-state index in [9.17, 15) is 8.42 Å². The molecular formula is C23H27N3O3S. The van der Waals surface area contributed by atoms with Crippen LogP contribution in [-0.4, -0.2) is 37.9 Å². The van der Waals surface area contributed by atoms with Gasteiger partial charge in [-0.1, -0.05) is 19.1 Å². The van der Waals surface area contributed by atoms with Crippen LogP contribution < -0.4 is 10.1 Å². The van der Waals surface area contributed by atoms with Crippen LogP contribution in [0.25, 0.3) is 10.9 Å². The molecule has 2 heterocycles. The summed E-state index contributed by atoms with van der Waals surface area (Å²) in [6, 6.07) is 16.8. The van der Waals surface area contributed by atoms with Crippen molar-refractivity contribution in [2.75, 3.05) is 25.5 Å². The summed E-state index contributed by atoms with van der Waals surface area (Å²) < 4.78 is 32.9. The van der Waals surface area contributed by atoms with E-state index in [0.29, 0.717) is 30.4 Å². The average molecular weight is 426 g/mol. The highest BCUT2D eigenvalue weighted by Crippen LogP contribution is 2.26. The molecule has 1 saturated heterocycles. The van der Waals surface area contributed by atoms with E-state index in [1.807, 2.05) is 36.4 Å². The lowest BCUT2D eigenvalue weighted by Crippen LogP contribution is -2.37. The molecule has 0 aliphatic carbocycles. The quantitative estimate of drug-likeness (QED) is 0.638. The van der Waals surface area contributed by atoms with Crippen LogP contribution >= 0.6 is 0 Å². The molecule has 4 rings (SSSR count). The predicted molar refractivity (Wildman–Crippen MR) is 119 cm³/mol. The van der Waals surface area contributed by atoms with E-state index in [1.165, 1.54) is 0 Å². The second kappa shape index (κ2) is 8.62. The van der Waals surface area contributed by atoms with Gasteiger partial charge in [-0.05, 0) is 66.8 Å². The molecule has 30 heavy (non-hydrogen) atoms. The SMILES string of the molecule is COc1cccc(CNc2ccc3cc(S(=O)(=O)N4CCC(C)CC4)ccc3n2)c1. The zero-order valence-electron chi connectivity index (χ0n) is 17.3. The molecule has 0 bridgehead atoms. The van der Waals surface area contributed by atoms with Gasteiger partial charge in [-0.15, -0.1) is 0 Å². The highest BCUT2D eigenvalue weighted by molar-refractivity contribution is 7.89. The van der Waals surface area contributed by atoms with Crippen molar-refractivity contribution >= 4 is 26.7 Å². The van der Waals surface area contributed by atoms with Gasteiger partial charge in [-0.25, -0.2) is 13.4 Å². The third-order valence-electron chi connectivity index (χ3n) is 5.65. The van der Waals surface area contributed by atoms with Gasteiger partial charge in [0.1, 0.15) is 11.6 Å². The fourth-order valence-electron chi connectivity index (χ4n) is 3.71. The number of ether oxygens (including phenoxy) is 1. The number of nitrogens with one attached hydrogen (secondary N) is 1. The Kier molecular flexibility index (Phi) is 5.92. The lowest BCUT2D eigenvalue weighted by atomic mass is 10.0. The summed E-state index contributed by atoms with van der Waals surface area (Å²) in [5.74, 6) is 2.14. The van der Waals surface area contributed by atoms with Gasteiger partial charge in [0.2, 0.25) is 10.0 Å². The number of rotatable bonds is 6. The van der Waals surface area contributed by atoms with Crippen LogP contribution in [0.5, 0.6) is 5.75 Å². The monoisotopic (exact) mass is 425 g/mol. The number of fused-ring (bicyclic) bond motifs is 1. The van der Waals surface area contributed by atoms with Crippen molar-refractivity contribution in [3.63, 3.8) is 0 Å². The summed E-state index contributed by atoms with van der Waals surface area (Å²) in [5.41, 5.74) is 1.85. The van der Waals surface area contributed by atoms with Gasteiger partial charge >= 0.3 is 0 Å². The number of sulfonamides is 1. The number of hydrogen-bond acceptors (Lipinski definition) is 5. The Morgan fingerprint density at radius 1 is 1.10 bits per heavy atom. The van der Waals surface area contributed by atoms with Crippen molar-refractivity contribution in [1.29, 1.82) is 0 Å². The smallest absolute Gasteiger partial charge is 0.243 e. The maximum atomic E-state index is 13.0. The number of aromatic nitrogens is 1. The van der Waals surface area contributed by atoms with Gasteiger partial charge in [-0.2, -0.15) is 4.31 Å². The van der Waals surface area contributed by atoms with Gasteiger partial charge in [0.05, 0.1) is 17.5 Å². The summed E-state index contributed by atoms with van der Waals surface area (Å²) in [6.07, 6.45) is 1.83. The Morgan fingerprint density at radius 2 is 1.90 bits per heavy atom. The molecule has 0 spiro atoms. The van der Waals surface area contributed by atoms with Crippen LogP contribution in [0.2, 0.25) is 0 Å². The largest absolute Gasteiger partial charge is 0.497 e. The van der Waals surface area contributed by atoms with E-state index in [1.54, 1.807) is 29.6 Å². The maximum Gasteiger partial charge on any atom is 0.243 e. The molecule has 0 unspecified atom stereocenters. The summed E-state index contributed by atoms with van der Waals surface area (Å²) in [5, 5.41) is 4.13. The van der Waals surface area contributed by atoms with Crippen LogP contribution in [0.1, 0.15) is 25.3 Å². The number of piperidine rings is 1. The zero-order valence-corrected chi connectivity index (χ0v) is 18.2. The second-order valence-electron chi connectivity index (χ2n) is 7.84. The third-order valence-corrected chi connectivity index (χ3v) is 7.54. The molecule has 0 radical (unpaired) electrons. The van der Waals surface area contributed by atoms with Gasteiger partial charge in [0.15, 0.2) is 0 Å². The topological polar surface area (TPSA) is 71.5 Å². The Balaban J connectivity index is 1.51. The Labute approximate surface area is 177 Å². The first-order chi connectivity index (χ1) is 14.5. The summed E-state index contributed by atoms with van der Waals surface area (Å²) >= 11 is 0.